The highest BCUT2D eigenvalue weighted by Gasteiger charge is 2.21. The van der Waals surface area contributed by atoms with Gasteiger partial charge in [-0.2, -0.15) is 0 Å². The van der Waals surface area contributed by atoms with Crippen molar-refractivity contribution in [2.75, 3.05) is 20.8 Å². The maximum absolute atomic E-state index is 12.2. The summed E-state index contributed by atoms with van der Waals surface area (Å²) in [6.45, 7) is 3.85. The Bertz CT molecular complexity index is 1120. The summed E-state index contributed by atoms with van der Waals surface area (Å²) < 4.78 is 21.1. The Morgan fingerprint density at radius 1 is 1.17 bits per heavy atom. The van der Waals surface area contributed by atoms with Crippen LogP contribution in [0.3, 0.4) is 0 Å². The Kier molecular flexibility index (Phi) is 6.63. The minimum absolute atomic E-state index is 0.287. The molecule has 0 spiro atoms. The Hall–Kier alpha value is -3.46. The van der Waals surface area contributed by atoms with E-state index in [1.165, 1.54) is 38.0 Å². The van der Waals surface area contributed by atoms with Gasteiger partial charge in [-0.25, -0.2) is 19.6 Å². The molecule has 0 aliphatic rings. The fraction of sp³-hybridized carbons (Fsp3) is 0.238. The van der Waals surface area contributed by atoms with Crippen LogP contribution in [0.1, 0.15) is 27.7 Å². The second-order valence-electron chi connectivity index (χ2n) is 6.00. The van der Waals surface area contributed by atoms with E-state index in [2.05, 4.69) is 14.7 Å². The Balaban J connectivity index is 1.97. The fourth-order valence-corrected chi connectivity index (χ4v) is 3.75. The van der Waals surface area contributed by atoms with Gasteiger partial charge in [-0.3, -0.25) is 0 Å². The predicted molar refractivity (Wildman–Crippen MR) is 112 cm³/mol. The second-order valence-corrected chi connectivity index (χ2v) is 7.00. The van der Waals surface area contributed by atoms with Gasteiger partial charge < -0.3 is 18.9 Å². The van der Waals surface area contributed by atoms with Crippen molar-refractivity contribution < 1.29 is 28.5 Å². The number of aromatic nitrogens is 2. The molecule has 2 aromatic heterocycles. The molecular formula is C21H20N2O6S. The van der Waals surface area contributed by atoms with Crippen molar-refractivity contribution in [1.82, 2.24) is 9.97 Å². The van der Waals surface area contributed by atoms with E-state index in [0.717, 1.165) is 5.56 Å². The lowest BCUT2D eigenvalue weighted by Gasteiger charge is -2.11. The van der Waals surface area contributed by atoms with Crippen LogP contribution in [-0.4, -0.2) is 42.7 Å². The second kappa shape index (κ2) is 9.36. The Morgan fingerprint density at radius 2 is 1.97 bits per heavy atom. The third kappa shape index (κ3) is 4.41. The molecular weight excluding hydrogens is 408 g/mol. The molecule has 3 aromatic rings. The van der Waals surface area contributed by atoms with E-state index < -0.39 is 11.9 Å². The van der Waals surface area contributed by atoms with Crippen molar-refractivity contribution >= 4 is 39.6 Å². The molecule has 0 aliphatic carbocycles. The van der Waals surface area contributed by atoms with Gasteiger partial charge in [0.15, 0.2) is 11.5 Å². The number of rotatable bonds is 7. The van der Waals surface area contributed by atoms with Crippen LogP contribution in [0.2, 0.25) is 0 Å². The zero-order chi connectivity index (χ0) is 21.7. The van der Waals surface area contributed by atoms with Crippen LogP contribution < -0.4 is 9.47 Å². The lowest BCUT2D eigenvalue weighted by atomic mass is 10.2. The molecule has 0 saturated carbocycles. The molecule has 0 bridgehead atoms. The summed E-state index contributed by atoms with van der Waals surface area (Å²) in [4.78, 5) is 33.1. The minimum atomic E-state index is -0.456. The molecule has 8 nitrogen and oxygen atoms in total. The number of carbonyl (C=O) groups excluding carboxylic acids is 2. The zero-order valence-electron chi connectivity index (χ0n) is 16.9. The lowest BCUT2D eigenvalue weighted by Crippen LogP contribution is -2.03. The molecule has 3 rings (SSSR count). The number of esters is 2. The van der Waals surface area contributed by atoms with E-state index in [-0.39, 0.29) is 6.61 Å². The first-order valence-corrected chi connectivity index (χ1v) is 9.83. The molecule has 0 radical (unpaired) electrons. The topological polar surface area (TPSA) is 96.8 Å². The first-order chi connectivity index (χ1) is 14.5. The van der Waals surface area contributed by atoms with Crippen LogP contribution in [0.15, 0.2) is 30.6 Å². The molecule has 0 atom stereocenters. The molecule has 156 valence electrons. The third-order valence-corrected chi connectivity index (χ3v) is 5.34. The van der Waals surface area contributed by atoms with E-state index in [1.807, 2.05) is 0 Å². The molecule has 0 fully saturated rings. The third-order valence-electron chi connectivity index (χ3n) is 4.16. The predicted octanol–water partition coefficient (Wildman–Crippen LogP) is 4.16. The highest BCUT2D eigenvalue weighted by Crippen LogP contribution is 2.39. The van der Waals surface area contributed by atoms with Crippen molar-refractivity contribution in [3.05, 3.63) is 46.6 Å². The van der Waals surface area contributed by atoms with Gasteiger partial charge >= 0.3 is 11.9 Å². The number of methoxy groups -OCH3 is 2. The van der Waals surface area contributed by atoms with Crippen molar-refractivity contribution in [2.45, 2.75) is 13.8 Å². The van der Waals surface area contributed by atoms with Crippen LogP contribution in [0.5, 0.6) is 17.4 Å². The molecule has 0 N–H and O–H groups in total. The van der Waals surface area contributed by atoms with E-state index in [4.69, 9.17) is 14.2 Å². The molecule has 1 aromatic carbocycles. The normalized spacial score (nSPS) is 10.9. The molecule has 0 aliphatic heterocycles. The SMILES string of the molecule is CCOC(=O)c1sc2ncnc(Oc3ccc(/C=C/C(=O)OC)cc3OC)c2c1C. The van der Waals surface area contributed by atoms with E-state index in [0.29, 0.717) is 38.0 Å². The molecule has 9 heteroatoms. The van der Waals surface area contributed by atoms with E-state index in [1.54, 1.807) is 38.1 Å². The number of benzene rings is 1. The maximum Gasteiger partial charge on any atom is 0.348 e. The van der Waals surface area contributed by atoms with Crippen LogP contribution >= 0.6 is 11.3 Å². The first kappa shape index (κ1) is 21.3. The van der Waals surface area contributed by atoms with Crippen molar-refractivity contribution in [2.24, 2.45) is 0 Å². The van der Waals surface area contributed by atoms with Gasteiger partial charge in [-0.15, -0.1) is 11.3 Å². The van der Waals surface area contributed by atoms with Gasteiger partial charge in [-0.05, 0) is 43.2 Å². The summed E-state index contributed by atoms with van der Waals surface area (Å²) in [5.74, 6) is 0.329. The first-order valence-electron chi connectivity index (χ1n) is 9.01. The van der Waals surface area contributed by atoms with Crippen LogP contribution in [0.25, 0.3) is 16.3 Å². The lowest BCUT2D eigenvalue weighted by molar-refractivity contribution is -0.134. The standard InChI is InChI=1S/C21H20N2O6S/c1-5-28-21(25)18-12(2)17-19(22-11-23-20(17)30-18)29-14-8-6-13(10-15(14)26-3)7-9-16(24)27-4/h6-11H,5H2,1-4H3/b9-7+. The average Bonchev–Trinajstić information content (AvgIpc) is 3.10. The number of hydrogen-bond donors (Lipinski definition) is 0. The summed E-state index contributed by atoms with van der Waals surface area (Å²) in [6, 6.07) is 5.19. The fourth-order valence-electron chi connectivity index (χ4n) is 2.72. The smallest absolute Gasteiger partial charge is 0.348 e. The minimum Gasteiger partial charge on any atom is -0.493 e. The number of ether oxygens (including phenoxy) is 4. The Labute approximate surface area is 177 Å². The number of aryl methyl sites for hydroxylation is 1. The van der Waals surface area contributed by atoms with Gasteiger partial charge in [0.1, 0.15) is 16.0 Å². The highest BCUT2D eigenvalue weighted by molar-refractivity contribution is 7.20. The highest BCUT2D eigenvalue weighted by atomic mass is 32.1. The van der Waals surface area contributed by atoms with E-state index >= 15 is 0 Å². The molecule has 0 unspecified atom stereocenters. The maximum atomic E-state index is 12.2. The summed E-state index contributed by atoms with van der Waals surface area (Å²) >= 11 is 1.23. The largest absolute Gasteiger partial charge is 0.493 e. The summed E-state index contributed by atoms with van der Waals surface area (Å²) in [6.07, 6.45) is 4.30. The number of fused-ring (bicyclic) bond motifs is 1. The van der Waals surface area contributed by atoms with Crippen molar-refractivity contribution in [3.8, 4) is 17.4 Å². The van der Waals surface area contributed by atoms with Gasteiger partial charge in [0.25, 0.3) is 0 Å². The zero-order valence-corrected chi connectivity index (χ0v) is 17.7. The monoisotopic (exact) mass is 428 g/mol. The molecule has 30 heavy (non-hydrogen) atoms. The van der Waals surface area contributed by atoms with Crippen molar-refractivity contribution in [1.29, 1.82) is 0 Å². The number of thiophene rings is 1. The van der Waals surface area contributed by atoms with Crippen LogP contribution in [0.4, 0.5) is 0 Å². The van der Waals surface area contributed by atoms with Crippen LogP contribution in [0, 0.1) is 6.92 Å². The molecule has 2 heterocycles. The summed E-state index contributed by atoms with van der Waals surface area (Å²) in [5, 5.41) is 0.641. The quantitative estimate of drug-likeness (QED) is 0.409. The van der Waals surface area contributed by atoms with Gasteiger partial charge in [0.2, 0.25) is 5.88 Å². The van der Waals surface area contributed by atoms with E-state index in [9.17, 15) is 9.59 Å². The Morgan fingerprint density at radius 3 is 2.67 bits per heavy atom. The molecule has 0 amide bonds. The number of nitrogens with zero attached hydrogens (tertiary/aromatic N) is 2. The van der Waals surface area contributed by atoms with Crippen molar-refractivity contribution in [3.63, 3.8) is 0 Å². The number of hydrogen-bond acceptors (Lipinski definition) is 9. The molecule has 0 saturated heterocycles. The summed E-state index contributed by atoms with van der Waals surface area (Å²) in [7, 11) is 2.83. The van der Waals surface area contributed by atoms with Gasteiger partial charge in [0.05, 0.1) is 26.2 Å². The number of carbonyl (C=O) groups is 2. The van der Waals surface area contributed by atoms with Crippen LogP contribution in [-0.2, 0) is 14.3 Å². The van der Waals surface area contributed by atoms with Gasteiger partial charge in [-0.1, -0.05) is 6.07 Å². The average molecular weight is 428 g/mol. The van der Waals surface area contributed by atoms with Gasteiger partial charge in [0, 0.05) is 6.08 Å². The summed E-state index contributed by atoms with van der Waals surface area (Å²) in [5.41, 5.74) is 1.43.